The molecule has 1 N–H and O–H groups in total. The Hall–Kier alpha value is -1.94. The molecule has 4 nitrogen and oxygen atoms in total. The summed E-state index contributed by atoms with van der Waals surface area (Å²) in [6, 6.07) is 9.36. The summed E-state index contributed by atoms with van der Waals surface area (Å²) in [7, 11) is 0. The van der Waals surface area contributed by atoms with E-state index in [0.29, 0.717) is 18.1 Å². The normalized spacial score (nSPS) is 10.9. The van der Waals surface area contributed by atoms with Crippen LogP contribution in [-0.4, -0.2) is 17.5 Å². The summed E-state index contributed by atoms with van der Waals surface area (Å²) in [5, 5.41) is 0.832. The maximum absolute atomic E-state index is 12.1. The van der Waals surface area contributed by atoms with Gasteiger partial charge in [-0.3, -0.25) is 14.6 Å². The standard InChI is InChI=1S/C15H18N2O2/c1-10(2)9-19-17-15(18)13-8-11(3)16-14-7-5-4-6-12(13)14/h4-8,10H,9H2,1-3H3,(H,17,18). The number of para-hydroxylation sites is 1. The van der Waals surface area contributed by atoms with Crippen LogP contribution in [0.2, 0.25) is 0 Å². The van der Waals surface area contributed by atoms with E-state index in [0.717, 1.165) is 16.6 Å². The lowest BCUT2D eigenvalue weighted by molar-refractivity contribution is 0.0210. The summed E-state index contributed by atoms with van der Waals surface area (Å²) in [5.41, 5.74) is 4.70. The van der Waals surface area contributed by atoms with Crippen LogP contribution in [-0.2, 0) is 4.84 Å². The Morgan fingerprint density at radius 2 is 2.11 bits per heavy atom. The minimum absolute atomic E-state index is 0.234. The number of hydrogen-bond donors (Lipinski definition) is 1. The van der Waals surface area contributed by atoms with Gasteiger partial charge in [-0.25, -0.2) is 5.48 Å². The highest BCUT2D eigenvalue weighted by molar-refractivity contribution is 6.05. The molecule has 2 aromatic rings. The molecule has 1 heterocycles. The van der Waals surface area contributed by atoms with Crippen LogP contribution in [0, 0.1) is 12.8 Å². The molecule has 0 spiro atoms. The first-order chi connectivity index (χ1) is 9.08. The highest BCUT2D eigenvalue weighted by Crippen LogP contribution is 2.18. The molecule has 19 heavy (non-hydrogen) atoms. The number of aromatic nitrogens is 1. The third-order valence-electron chi connectivity index (χ3n) is 2.67. The van der Waals surface area contributed by atoms with E-state index in [1.165, 1.54) is 0 Å². The molecule has 0 unspecified atom stereocenters. The zero-order valence-corrected chi connectivity index (χ0v) is 11.4. The molecule has 100 valence electrons. The second kappa shape index (κ2) is 5.80. The lowest BCUT2D eigenvalue weighted by Gasteiger charge is -2.10. The number of rotatable bonds is 4. The SMILES string of the molecule is Cc1cc(C(=O)NOCC(C)C)c2ccccc2n1. The van der Waals surface area contributed by atoms with Crippen molar-refractivity contribution in [3.05, 3.63) is 41.6 Å². The van der Waals surface area contributed by atoms with Crippen molar-refractivity contribution in [2.24, 2.45) is 5.92 Å². The minimum atomic E-state index is -0.234. The second-order valence-electron chi connectivity index (χ2n) is 4.96. The summed E-state index contributed by atoms with van der Waals surface area (Å²) in [4.78, 5) is 21.7. The van der Waals surface area contributed by atoms with Crippen LogP contribution in [0.5, 0.6) is 0 Å². The van der Waals surface area contributed by atoms with E-state index in [1.54, 1.807) is 6.07 Å². The van der Waals surface area contributed by atoms with Gasteiger partial charge in [-0.2, -0.15) is 0 Å². The van der Waals surface area contributed by atoms with Gasteiger partial charge in [0.2, 0.25) is 0 Å². The molecule has 0 atom stereocenters. The van der Waals surface area contributed by atoms with Gasteiger partial charge in [-0.15, -0.1) is 0 Å². The van der Waals surface area contributed by atoms with Crippen LogP contribution in [0.25, 0.3) is 10.9 Å². The van der Waals surface area contributed by atoms with E-state index in [9.17, 15) is 4.79 Å². The summed E-state index contributed by atoms with van der Waals surface area (Å²) >= 11 is 0. The minimum Gasteiger partial charge on any atom is -0.273 e. The van der Waals surface area contributed by atoms with E-state index >= 15 is 0 Å². The van der Waals surface area contributed by atoms with Crippen LogP contribution in [0.4, 0.5) is 0 Å². The van der Waals surface area contributed by atoms with Crippen molar-refractivity contribution in [3.8, 4) is 0 Å². The molecule has 0 bridgehead atoms. The molecule has 4 heteroatoms. The number of pyridine rings is 1. The van der Waals surface area contributed by atoms with Gasteiger partial charge >= 0.3 is 0 Å². The molecule has 0 saturated carbocycles. The predicted octanol–water partition coefficient (Wildman–Crippen LogP) is 2.86. The molecule has 1 aromatic heterocycles. The number of hydroxylamine groups is 1. The molecule has 1 amide bonds. The van der Waals surface area contributed by atoms with Crippen molar-refractivity contribution < 1.29 is 9.63 Å². The molecule has 0 fully saturated rings. The highest BCUT2D eigenvalue weighted by Gasteiger charge is 2.11. The summed E-state index contributed by atoms with van der Waals surface area (Å²) < 4.78 is 0. The highest BCUT2D eigenvalue weighted by atomic mass is 16.6. The Morgan fingerprint density at radius 3 is 2.84 bits per heavy atom. The largest absolute Gasteiger partial charge is 0.275 e. The van der Waals surface area contributed by atoms with Crippen molar-refractivity contribution in [1.29, 1.82) is 0 Å². The molecule has 2 rings (SSSR count). The van der Waals surface area contributed by atoms with Gasteiger partial charge in [0.1, 0.15) is 0 Å². The second-order valence-corrected chi connectivity index (χ2v) is 4.96. The number of nitrogens with zero attached hydrogens (tertiary/aromatic N) is 1. The van der Waals surface area contributed by atoms with Crippen molar-refractivity contribution in [2.45, 2.75) is 20.8 Å². The summed E-state index contributed by atoms with van der Waals surface area (Å²) in [6.45, 7) is 6.42. The van der Waals surface area contributed by atoms with Gasteiger partial charge in [0.25, 0.3) is 5.91 Å². The lowest BCUT2D eigenvalue weighted by Crippen LogP contribution is -2.26. The molecule has 0 aliphatic rings. The molecular weight excluding hydrogens is 240 g/mol. The third-order valence-corrected chi connectivity index (χ3v) is 2.67. The molecular formula is C15H18N2O2. The van der Waals surface area contributed by atoms with Crippen LogP contribution in [0.15, 0.2) is 30.3 Å². The van der Waals surface area contributed by atoms with Gasteiger partial charge in [0.05, 0.1) is 17.7 Å². The Kier molecular flexibility index (Phi) is 4.12. The monoisotopic (exact) mass is 258 g/mol. The van der Waals surface area contributed by atoms with Gasteiger partial charge in [-0.1, -0.05) is 32.0 Å². The van der Waals surface area contributed by atoms with Gasteiger partial charge in [-0.05, 0) is 25.0 Å². The smallest absolute Gasteiger partial charge is 0.273 e. The lowest BCUT2D eigenvalue weighted by atomic mass is 10.1. The third kappa shape index (κ3) is 3.29. The first-order valence-electron chi connectivity index (χ1n) is 6.36. The summed E-state index contributed by atoms with van der Waals surface area (Å²) in [5.74, 6) is 0.138. The molecule has 0 aliphatic heterocycles. The number of benzene rings is 1. The van der Waals surface area contributed by atoms with E-state index in [4.69, 9.17) is 4.84 Å². The Morgan fingerprint density at radius 1 is 1.37 bits per heavy atom. The van der Waals surface area contributed by atoms with Crippen LogP contribution < -0.4 is 5.48 Å². The quantitative estimate of drug-likeness (QED) is 0.858. The van der Waals surface area contributed by atoms with Crippen LogP contribution >= 0.6 is 0 Å². The number of amides is 1. The van der Waals surface area contributed by atoms with Gasteiger partial charge < -0.3 is 0 Å². The van der Waals surface area contributed by atoms with Gasteiger partial charge in [0, 0.05) is 11.1 Å². The first kappa shape index (κ1) is 13.5. The Balaban J connectivity index is 2.26. The van der Waals surface area contributed by atoms with E-state index in [-0.39, 0.29) is 5.91 Å². The number of carbonyl (C=O) groups is 1. The van der Waals surface area contributed by atoms with Crippen LogP contribution in [0.1, 0.15) is 29.9 Å². The number of nitrogens with one attached hydrogen (secondary N) is 1. The number of aryl methyl sites for hydroxylation is 1. The van der Waals surface area contributed by atoms with Crippen molar-refractivity contribution in [2.75, 3.05) is 6.61 Å². The first-order valence-corrected chi connectivity index (χ1v) is 6.36. The number of carbonyl (C=O) groups excluding carboxylic acids is 1. The molecule has 0 radical (unpaired) electrons. The topological polar surface area (TPSA) is 51.2 Å². The fraction of sp³-hybridized carbons (Fsp3) is 0.333. The maximum Gasteiger partial charge on any atom is 0.275 e. The Bertz CT molecular complexity index is 594. The number of hydrogen-bond acceptors (Lipinski definition) is 3. The van der Waals surface area contributed by atoms with E-state index in [2.05, 4.69) is 10.5 Å². The van der Waals surface area contributed by atoms with Crippen molar-refractivity contribution in [3.63, 3.8) is 0 Å². The average Bonchev–Trinajstić information content (AvgIpc) is 2.37. The Labute approximate surface area is 112 Å². The zero-order valence-electron chi connectivity index (χ0n) is 11.4. The van der Waals surface area contributed by atoms with E-state index < -0.39 is 0 Å². The van der Waals surface area contributed by atoms with Gasteiger partial charge in [0.15, 0.2) is 0 Å². The fourth-order valence-electron chi connectivity index (χ4n) is 1.82. The van der Waals surface area contributed by atoms with Crippen molar-refractivity contribution in [1.82, 2.24) is 10.5 Å². The summed E-state index contributed by atoms with van der Waals surface area (Å²) in [6.07, 6.45) is 0. The maximum atomic E-state index is 12.1. The molecule has 0 saturated heterocycles. The zero-order chi connectivity index (χ0) is 13.8. The fourth-order valence-corrected chi connectivity index (χ4v) is 1.82. The van der Waals surface area contributed by atoms with E-state index in [1.807, 2.05) is 45.0 Å². The van der Waals surface area contributed by atoms with Crippen LogP contribution in [0.3, 0.4) is 0 Å². The average molecular weight is 258 g/mol. The predicted molar refractivity (Wildman–Crippen MR) is 74.7 cm³/mol. The molecule has 1 aromatic carbocycles. The number of fused-ring (bicyclic) bond motifs is 1. The van der Waals surface area contributed by atoms with Crippen molar-refractivity contribution >= 4 is 16.8 Å². The molecule has 0 aliphatic carbocycles.